The molecule has 0 radical (unpaired) electrons. The Labute approximate surface area is 166 Å². The molecule has 0 bridgehead atoms. The summed E-state index contributed by atoms with van der Waals surface area (Å²) in [4.78, 5) is 14.3. The van der Waals surface area contributed by atoms with Crippen molar-refractivity contribution < 1.29 is 22.7 Å². The van der Waals surface area contributed by atoms with Gasteiger partial charge in [0.1, 0.15) is 0 Å². The fourth-order valence-corrected chi connectivity index (χ4v) is 4.73. The molecule has 0 saturated carbocycles. The van der Waals surface area contributed by atoms with Crippen molar-refractivity contribution in [1.82, 2.24) is 9.21 Å². The number of amides is 1. The van der Waals surface area contributed by atoms with E-state index in [0.717, 1.165) is 0 Å². The normalized spacial score (nSPS) is 16.8. The van der Waals surface area contributed by atoms with Crippen LogP contribution < -0.4 is 9.47 Å². The summed E-state index contributed by atoms with van der Waals surface area (Å²) < 4.78 is 37.7. The van der Waals surface area contributed by atoms with E-state index >= 15 is 0 Å². The third-order valence-electron chi connectivity index (χ3n) is 5.19. The molecule has 1 aromatic rings. The van der Waals surface area contributed by atoms with Crippen molar-refractivity contribution in [3.05, 3.63) is 18.2 Å². The molecule has 9 heteroatoms. The van der Waals surface area contributed by atoms with E-state index in [1.807, 2.05) is 6.92 Å². The standard InChI is InChI=1S/C19H27N3O5S/c1-14(7-10-20)21(2)19(23)15-8-11-22(12-9-15)28(24,25)16-5-6-17(26-3)18(13-16)27-4/h5-6,13-15H,7-9,11-12H2,1-4H3. The smallest absolute Gasteiger partial charge is 0.243 e. The fraction of sp³-hybridized carbons (Fsp3) is 0.579. The molecule has 2 rings (SSSR count). The number of rotatable bonds is 7. The van der Waals surface area contributed by atoms with Crippen LogP contribution in [-0.4, -0.2) is 63.9 Å². The third kappa shape index (κ3) is 4.56. The Morgan fingerprint density at radius 2 is 1.89 bits per heavy atom. The highest BCUT2D eigenvalue weighted by Crippen LogP contribution is 2.32. The summed E-state index contributed by atoms with van der Waals surface area (Å²) in [5.74, 6) is 0.538. The number of piperidine rings is 1. The second-order valence-corrected chi connectivity index (χ2v) is 8.79. The van der Waals surface area contributed by atoms with Gasteiger partial charge in [0.05, 0.1) is 31.6 Å². The zero-order valence-electron chi connectivity index (χ0n) is 16.7. The number of hydrogen-bond acceptors (Lipinski definition) is 6. The van der Waals surface area contributed by atoms with Crippen molar-refractivity contribution in [3.8, 4) is 17.6 Å². The average molecular weight is 410 g/mol. The van der Waals surface area contributed by atoms with Crippen molar-refractivity contribution >= 4 is 15.9 Å². The molecule has 1 aromatic carbocycles. The highest BCUT2D eigenvalue weighted by molar-refractivity contribution is 7.89. The lowest BCUT2D eigenvalue weighted by Crippen LogP contribution is -2.45. The average Bonchev–Trinajstić information content (AvgIpc) is 2.72. The number of carbonyl (C=O) groups is 1. The monoisotopic (exact) mass is 409 g/mol. The van der Waals surface area contributed by atoms with Crippen molar-refractivity contribution in [2.75, 3.05) is 34.4 Å². The van der Waals surface area contributed by atoms with Gasteiger partial charge in [-0.25, -0.2) is 8.42 Å². The Hall–Kier alpha value is -2.31. The first kappa shape index (κ1) is 22.0. The van der Waals surface area contributed by atoms with Gasteiger partial charge in [-0.05, 0) is 31.9 Å². The molecule has 1 atom stereocenters. The Morgan fingerprint density at radius 3 is 2.43 bits per heavy atom. The molecule has 1 aliphatic heterocycles. The number of nitriles is 1. The van der Waals surface area contributed by atoms with Gasteiger partial charge in [-0.2, -0.15) is 9.57 Å². The molecule has 1 aliphatic rings. The number of benzene rings is 1. The molecule has 154 valence electrons. The van der Waals surface area contributed by atoms with Gasteiger partial charge in [-0.1, -0.05) is 0 Å². The van der Waals surface area contributed by atoms with Gasteiger partial charge in [-0.3, -0.25) is 4.79 Å². The first-order valence-electron chi connectivity index (χ1n) is 9.12. The van der Waals surface area contributed by atoms with E-state index in [4.69, 9.17) is 14.7 Å². The maximum Gasteiger partial charge on any atom is 0.243 e. The first-order chi connectivity index (χ1) is 13.3. The van der Waals surface area contributed by atoms with E-state index in [9.17, 15) is 13.2 Å². The molecule has 1 saturated heterocycles. The second kappa shape index (κ2) is 9.26. The lowest BCUT2D eigenvalue weighted by atomic mass is 9.96. The molecule has 8 nitrogen and oxygen atoms in total. The van der Waals surface area contributed by atoms with E-state index in [-0.39, 0.29) is 42.3 Å². The van der Waals surface area contributed by atoms with Crippen LogP contribution in [0.1, 0.15) is 26.2 Å². The summed E-state index contributed by atoms with van der Waals surface area (Å²) in [6, 6.07) is 6.41. The van der Waals surface area contributed by atoms with Crippen LogP contribution in [0.2, 0.25) is 0 Å². The lowest BCUT2D eigenvalue weighted by Gasteiger charge is -2.34. The molecule has 1 unspecified atom stereocenters. The Morgan fingerprint density at radius 1 is 1.29 bits per heavy atom. The zero-order chi connectivity index (χ0) is 20.9. The van der Waals surface area contributed by atoms with Crippen LogP contribution in [0.15, 0.2) is 23.1 Å². The number of methoxy groups -OCH3 is 2. The Balaban J connectivity index is 2.08. The van der Waals surface area contributed by atoms with Gasteiger partial charge in [0.15, 0.2) is 11.5 Å². The van der Waals surface area contributed by atoms with Crippen molar-refractivity contribution in [2.45, 2.75) is 37.1 Å². The fourth-order valence-electron chi connectivity index (χ4n) is 3.24. The van der Waals surface area contributed by atoms with Gasteiger partial charge in [0, 0.05) is 38.2 Å². The van der Waals surface area contributed by atoms with Gasteiger partial charge in [0.2, 0.25) is 15.9 Å². The van der Waals surface area contributed by atoms with Crippen molar-refractivity contribution in [3.63, 3.8) is 0 Å². The highest BCUT2D eigenvalue weighted by atomic mass is 32.2. The molecule has 1 fully saturated rings. The molecule has 28 heavy (non-hydrogen) atoms. The summed E-state index contributed by atoms with van der Waals surface area (Å²) in [6.45, 7) is 2.37. The summed E-state index contributed by atoms with van der Waals surface area (Å²) in [5, 5.41) is 8.80. The predicted molar refractivity (Wildman–Crippen MR) is 103 cm³/mol. The first-order valence-corrected chi connectivity index (χ1v) is 10.6. The molecule has 1 heterocycles. The van der Waals surface area contributed by atoms with Gasteiger partial charge in [-0.15, -0.1) is 0 Å². The van der Waals surface area contributed by atoms with Crippen LogP contribution in [0.3, 0.4) is 0 Å². The lowest BCUT2D eigenvalue weighted by molar-refractivity contribution is -0.137. The van der Waals surface area contributed by atoms with Gasteiger partial charge >= 0.3 is 0 Å². The van der Waals surface area contributed by atoms with E-state index < -0.39 is 10.0 Å². The Kier molecular flexibility index (Phi) is 7.27. The summed E-state index contributed by atoms with van der Waals surface area (Å²) in [6.07, 6.45) is 1.18. The van der Waals surface area contributed by atoms with Crippen LogP contribution in [0.25, 0.3) is 0 Å². The molecular formula is C19H27N3O5S. The van der Waals surface area contributed by atoms with Gasteiger partial charge in [0.25, 0.3) is 0 Å². The quantitative estimate of drug-likeness (QED) is 0.681. The van der Waals surface area contributed by atoms with E-state index in [2.05, 4.69) is 6.07 Å². The topological polar surface area (TPSA) is 99.9 Å². The Bertz CT molecular complexity index is 842. The van der Waals surface area contributed by atoms with Crippen LogP contribution in [-0.2, 0) is 14.8 Å². The van der Waals surface area contributed by atoms with Crippen LogP contribution in [0.5, 0.6) is 11.5 Å². The molecule has 0 aromatic heterocycles. The van der Waals surface area contributed by atoms with Crippen LogP contribution in [0, 0.1) is 17.2 Å². The molecule has 0 spiro atoms. The zero-order valence-corrected chi connectivity index (χ0v) is 17.5. The maximum atomic E-state index is 13.0. The largest absolute Gasteiger partial charge is 0.493 e. The number of nitrogens with zero attached hydrogens (tertiary/aromatic N) is 3. The summed E-state index contributed by atoms with van der Waals surface area (Å²) >= 11 is 0. The predicted octanol–water partition coefficient (Wildman–Crippen LogP) is 1.87. The van der Waals surface area contributed by atoms with Gasteiger partial charge < -0.3 is 14.4 Å². The number of sulfonamides is 1. The molecule has 0 aliphatic carbocycles. The minimum absolute atomic E-state index is 0.0362. The molecule has 1 amide bonds. The summed E-state index contributed by atoms with van der Waals surface area (Å²) in [7, 11) is 0.949. The SMILES string of the molecule is COc1ccc(S(=O)(=O)N2CCC(C(=O)N(C)C(C)CC#N)CC2)cc1OC. The summed E-state index contributed by atoms with van der Waals surface area (Å²) in [5.41, 5.74) is 0. The van der Waals surface area contributed by atoms with Crippen molar-refractivity contribution in [2.24, 2.45) is 5.92 Å². The van der Waals surface area contributed by atoms with Crippen LogP contribution in [0.4, 0.5) is 0 Å². The van der Waals surface area contributed by atoms with Crippen LogP contribution >= 0.6 is 0 Å². The number of carbonyl (C=O) groups excluding carboxylic acids is 1. The maximum absolute atomic E-state index is 13.0. The highest BCUT2D eigenvalue weighted by Gasteiger charge is 2.34. The third-order valence-corrected chi connectivity index (χ3v) is 7.09. The molecular weight excluding hydrogens is 382 g/mol. The number of hydrogen-bond donors (Lipinski definition) is 0. The van der Waals surface area contributed by atoms with E-state index in [0.29, 0.717) is 24.3 Å². The van der Waals surface area contributed by atoms with E-state index in [1.54, 1.807) is 18.0 Å². The minimum Gasteiger partial charge on any atom is -0.493 e. The van der Waals surface area contributed by atoms with Crippen molar-refractivity contribution in [1.29, 1.82) is 5.26 Å². The minimum atomic E-state index is -3.68. The number of ether oxygens (including phenoxy) is 2. The van der Waals surface area contributed by atoms with E-state index in [1.165, 1.54) is 30.7 Å². The molecule has 0 N–H and O–H groups in total. The second-order valence-electron chi connectivity index (χ2n) is 6.86.